The molecule has 1 unspecified atom stereocenters. The molecule has 0 saturated carbocycles. The fourth-order valence-corrected chi connectivity index (χ4v) is 1.79. The van der Waals surface area contributed by atoms with Crippen LogP contribution in [0.1, 0.15) is 58.3 Å². The number of rotatable bonds is 10. The molecule has 1 aliphatic rings. The van der Waals surface area contributed by atoms with Gasteiger partial charge in [-0.15, -0.1) is 0 Å². The van der Waals surface area contributed by atoms with Crippen LogP contribution in [0.3, 0.4) is 0 Å². The molecule has 0 aliphatic carbocycles. The molecule has 88 valence electrons. The first-order valence-electron chi connectivity index (χ1n) is 6.08. The highest BCUT2D eigenvalue weighted by Gasteiger charge is 2.46. The Bertz CT molecular complexity index is 176. The summed E-state index contributed by atoms with van der Waals surface area (Å²) in [6.45, 7) is 3.31. The van der Waals surface area contributed by atoms with Gasteiger partial charge in [-0.05, 0) is 6.42 Å². The average Bonchev–Trinajstić information content (AvgIpc) is 2.98. The van der Waals surface area contributed by atoms with Crippen molar-refractivity contribution in [2.45, 2.75) is 64.1 Å². The third-order valence-electron chi connectivity index (χ3n) is 2.89. The maximum absolute atomic E-state index is 10.2. The fourth-order valence-electron chi connectivity index (χ4n) is 1.79. The van der Waals surface area contributed by atoms with E-state index < -0.39 is 5.79 Å². The van der Waals surface area contributed by atoms with Gasteiger partial charge in [-0.3, -0.25) is 4.79 Å². The van der Waals surface area contributed by atoms with Crippen LogP contribution in [0.5, 0.6) is 0 Å². The number of carbonyl (C=O) groups is 1. The molecule has 0 bridgehead atoms. The molecule has 1 fully saturated rings. The van der Waals surface area contributed by atoms with Crippen molar-refractivity contribution in [3.8, 4) is 0 Å². The van der Waals surface area contributed by atoms with E-state index in [1.165, 1.54) is 38.5 Å². The van der Waals surface area contributed by atoms with Crippen molar-refractivity contribution >= 4 is 6.47 Å². The molecule has 1 rings (SSSR count). The van der Waals surface area contributed by atoms with Crippen molar-refractivity contribution < 1.29 is 14.3 Å². The van der Waals surface area contributed by atoms with Gasteiger partial charge in [0.2, 0.25) is 5.79 Å². The van der Waals surface area contributed by atoms with Gasteiger partial charge in [0.25, 0.3) is 6.47 Å². The highest BCUT2D eigenvalue weighted by Crippen LogP contribution is 2.33. The second kappa shape index (κ2) is 6.83. The van der Waals surface area contributed by atoms with Gasteiger partial charge in [0.1, 0.15) is 6.61 Å². The Hall–Kier alpha value is -0.570. The molecule has 15 heavy (non-hydrogen) atoms. The second-order valence-electron chi connectivity index (χ2n) is 4.28. The van der Waals surface area contributed by atoms with Crippen molar-refractivity contribution in [1.82, 2.24) is 0 Å². The first-order chi connectivity index (χ1) is 7.33. The first-order valence-corrected chi connectivity index (χ1v) is 6.08. The SMILES string of the molecule is CCCCCCCCCC1(OC=O)CO1. The minimum atomic E-state index is -0.523. The normalized spacial score (nSPS) is 23.8. The molecule has 1 heterocycles. The summed E-state index contributed by atoms with van der Waals surface area (Å²) in [6.07, 6.45) is 9.79. The van der Waals surface area contributed by atoms with Crippen LogP contribution in [0, 0.1) is 0 Å². The average molecular weight is 214 g/mol. The van der Waals surface area contributed by atoms with Gasteiger partial charge in [0.15, 0.2) is 0 Å². The number of hydrogen-bond acceptors (Lipinski definition) is 3. The third kappa shape index (κ3) is 5.17. The molecule has 3 nitrogen and oxygen atoms in total. The van der Waals surface area contributed by atoms with Crippen molar-refractivity contribution in [1.29, 1.82) is 0 Å². The first kappa shape index (κ1) is 12.5. The van der Waals surface area contributed by atoms with Gasteiger partial charge < -0.3 is 9.47 Å². The van der Waals surface area contributed by atoms with Crippen LogP contribution in [-0.4, -0.2) is 18.9 Å². The molecular formula is C12H22O3. The molecule has 0 N–H and O–H groups in total. The fraction of sp³-hybridized carbons (Fsp3) is 0.917. The molecule has 0 aromatic carbocycles. The zero-order valence-electron chi connectivity index (χ0n) is 9.67. The van der Waals surface area contributed by atoms with Crippen molar-refractivity contribution in [2.75, 3.05) is 6.61 Å². The van der Waals surface area contributed by atoms with Crippen LogP contribution in [0.25, 0.3) is 0 Å². The molecule has 0 amide bonds. The zero-order valence-corrected chi connectivity index (χ0v) is 9.67. The van der Waals surface area contributed by atoms with Crippen molar-refractivity contribution in [3.05, 3.63) is 0 Å². The van der Waals surface area contributed by atoms with E-state index in [0.717, 1.165) is 12.8 Å². The summed E-state index contributed by atoms with van der Waals surface area (Å²) in [5.41, 5.74) is 0. The van der Waals surface area contributed by atoms with E-state index in [9.17, 15) is 4.79 Å². The minimum absolute atomic E-state index is 0.494. The smallest absolute Gasteiger partial charge is 0.295 e. The number of hydrogen-bond donors (Lipinski definition) is 0. The number of unbranched alkanes of at least 4 members (excludes halogenated alkanes) is 6. The molecular weight excluding hydrogens is 192 g/mol. The van der Waals surface area contributed by atoms with Gasteiger partial charge in [-0.25, -0.2) is 0 Å². The summed E-state index contributed by atoms with van der Waals surface area (Å²) in [5, 5.41) is 0. The van der Waals surface area contributed by atoms with Crippen LogP contribution >= 0.6 is 0 Å². The summed E-state index contributed by atoms with van der Waals surface area (Å²) in [6, 6.07) is 0. The number of epoxide rings is 1. The molecule has 0 aromatic heterocycles. The maximum Gasteiger partial charge on any atom is 0.295 e. The Labute approximate surface area is 92.1 Å². The standard InChI is InChI=1S/C12H22O3/c1-2-3-4-5-6-7-8-9-12(10-14-12)15-11-13/h11H,2-10H2,1H3. The van der Waals surface area contributed by atoms with E-state index in [1.54, 1.807) is 0 Å². The topological polar surface area (TPSA) is 38.8 Å². The van der Waals surface area contributed by atoms with Crippen LogP contribution in [0.4, 0.5) is 0 Å². The molecule has 3 heteroatoms. The molecule has 0 aromatic rings. The van der Waals surface area contributed by atoms with E-state index in [2.05, 4.69) is 6.92 Å². The monoisotopic (exact) mass is 214 g/mol. The lowest BCUT2D eigenvalue weighted by molar-refractivity contribution is -0.143. The van der Waals surface area contributed by atoms with Crippen LogP contribution in [0.2, 0.25) is 0 Å². The quantitative estimate of drug-likeness (QED) is 0.319. The van der Waals surface area contributed by atoms with Crippen LogP contribution in [0.15, 0.2) is 0 Å². The Morgan fingerprint density at radius 3 is 2.33 bits per heavy atom. The Morgan fingerprint density at radius 2 is 1.80 bits per heavy atom. The highest BCUT2D eigenvalue weighted by molar-refractivity contribution is 5.38. The zero-order chi connectivity index (χ0) is 11.0. The summed E-state index contributed by atoms with van der Waals surface area (Å²) >= 11 is 0. The Morgan fingerprint density at radius 1 is 1.20 bits per heavy atom. The summed E-state index contributed by atoms with van der Waals surface area (Å²) in [7, 11) is 0. The van der Waals surface area contributed by atoms with Crippen molar-refractivity contribution in [2.24, 2.45) is 0 Å². The number of carbonyl (C=O) groups excluding carboxylic acids is 1. The predicted octanol–water partition coefficient (Wildman–Crippen LogP) is 3.03. The lowest BCUT2D eigenvalue weighted by Crippen LogP contribution is -2.14. The molecule has 0 spiro atoms. The predicted molar refractivity (Wildman–Crippen MR) is 58.4 cm³/mol. The van der Waals surface area contributed by atoms with Gasteiger partial charge in [0, 0.05) is 6.42 Å². The number of ether oxygens (including phenoxy) is 2. The third-order valence-corrected chi connectivity index (χ3v) is 2.89. The van der Waals surface area contributed by atoms with E-state index in [0.29, 0.717) is 13.1 Å². The molecule has 1 atom stereocenters. The summed E-state index contributed by atoms with van der Waals surface area (Å²) in [5.74, 6) is -0.523. The van der Waals surface area contributed by atoms with E-state index >= 15 is 0 Å². The summed E-state index contributed by atoms with van der Waals surface area (Å²) < 4.78 is 10.0. The molecule has 1 aliphatic heterocycles. The maximum atomic E-state index is 10.2. The highest BCUT2D eigenvalue weighted by atomic mass is 16.8. The molecule has 0 radical (unpaired) electrons. The van der Waals surface area contributed by atoms with Gasteiger partial charge in [0.05, 0.1) is 0 Å². The Balaban J connectivity index is 1.86. The van der Waals surface area contributed by atoms with E-state index in [-0.39, 0.29) is 0 Å². The minimum Gasteiger partial charge on any atom is -0.433 e. The second-order valence-corrected chi connectivity index (χ2v) is 4.28. The van der Waals surface area contributed by atoms with E-state index in [1.807, 2.05) is 0 Å². The Kier molecular flexibility index (Phi) is 5.69. The van der Waals surface area contributed by atoms with Crippen LogP contribution < -0.4 is 0 Å². The van der Waals surface area contributed by atoms with Crippen LogP contribution in [-0.2, 0) is 14.3 Å². The summed E-state index contributed by atoms with van der Waals surface area (Å²) in [4.78, 5) is 10.2. The van der Waals surface area contributed by atoms with E-state index in [4.69, 9.17) is 9.47 Å². The molecule has 1 saturated heterocycles. The van der Waals surface area contributed by atoms with Gasteiger partial charge in [-0.1, -0.05) is 45.4 Å². The largest absolute Gasteiger partial charge is 0.433 e. The lowest BCUT2D eigenvalue weighted by Gasteiger charge is -2.08. The van der Waals surface area contributed by atoms with Gasteiger partial charge >= 0.3 is 0 Å². The van der Waals surface area contributed by atoms with Gasteiger partial charge in [-0.2, -0.15) is 0 Å². The van der Waals surface area contributed by atoms with Crippen molar-refractivity contribution in [3.63, 3.8) is 0 Å². The lowest BCUT2D eigenvalue weighted by atomic mass is 10.1.